The second-order valence-electron chi connectivity index (χ2n) is 9.15. The first-order valence-electron chi connectivity index (χ1n) is 11.0. The number of ketones is 1. The molecular formula is C24H28N2O4. The monoisotopic (exact) mass is 408 g/mol. The van der Waals surface area contributed by atoms with E-state index in [9.17, 15) is 19.8 Å². The van der Waals surface area contributed by atoms with Crippen molar-refractivity contribution in [1.82, 2.24) is 4.57 Å². The lowest BCUT2D eigenvalue weighted by Gasteiger charge is -2.30. The van der Waals surface area contributed by atoms with Crippen LogP contribution in [0.3, 0.4) is 0 Å². The highest BCUT2D eigenvalue weighted by molar-refractivity contribution is 6.04. The zero-order chi connectivity index (χ0) is 21.0. The Hall–Kier alpha value is -2.76. The number of carbonyl (C=O) groups is 2. The summed E-state index contributed by atoms with van der Waals surface area (Å²) in [5.41, 5.74) is 3.03. The summed E-state index contributed by atoms with van der Waals surface area (Å²) in [6.45, 7) is 1.50. The van der Waals surface area contributed by atoms with Gasteiger partial charge in [0.05, 0.1) is 5.69 Å². The molecule has 2 bridgehead atoms. The number of nitrogens with one attached hydrogen (secondary N) is 1. The highest BCUT2D eigenvalue weighted by atomic mass is 16.3. The number of carbonyl (C=O) groups excluding carboxylic acids is 2. The fourth-order valence-electron chi connectivity index (χ4n) is 5.99. The summed E-state index contributed by atoms with van der Waals surface area (Å²) in [7, 11) is 0. The van der Waals surface area contributed by atoms with Gasteiger partial charge in [-0.25, -0.2) is 0 Å². The van der Waals surface area contributed by atoms with Gasteiger partial charge in [-0.05, 0) is 75.8 Å². The maximum Gasteiger partial charge on any atom is 0.227 e. The molecule has 2 atom stereocenters. The quantitative estimate of drug-likeness (QED) is 0.632. The van der Waals surface area contributed by atoms with Gasteiger partial charge in [-0.1, -0.05) is 12.1 Å². The summed E-state index contributed by atoms with van der Waals surface area (Å²) in [5.74, 6) is 1.00. The van der Waals surface area contributed by atoms with Crippen molar-refractivity contribution in [2.24, 2.45) is 5.92 Å². The van der Waals surface area contributed by atoms with Crippen molar-refractivity contribution in [2.75, 3.05) is 5.32 Å². The van der Waals surface area contributed by atoms with Crippen molar-refractivity contribution in [3.8, 4) is 11.8 Å². The molecule has 5 rings (SSSR count). The van der Waals surface area contributed by atoms with Crippen molar-refractivity contribution in [2.45, 2.75) is 69.7 Å². The number of Topliss-reactive ketones (excluding diaryl/α,β-unsaturated/α-hetero) is 1. The van der Waals surface area contributed by atoms with Crippen LogP contribution in [0.15, 0.2) is 24.3 Å². The van der Waals surface area contributed by atoms with Crippen LogP contribution < -0.4 is 5.32 Å². The van der Waals surface area contributed by atoms with E-state index in [1.165, 1.54) is 6.92 Å². The van der Waals surface area contributed by atoms with Crippen molar-refractivity contribution in [3.05, 3.63) is 41.0 Å². The van der Waals surface area contributed by atoms with Crippen molar-refractivity contribution < 1.29 is 19.8 Å². The lowest BCUT2D eigenvalue weighted by Crippen LogP contribution is -2.28. The van der Waals surface area contributed by atoms with Crippen LogP contribution in [0.4, 0.5) is 5.69 Å². The normalized spacial score (nSPS) is 27.1. The molecule has 2 fully saturated rings. The Kier molecular flexibility index (Phi) is 4.60. The number of hydrogen-bond acceptors (Lipinski definition) is 4. The molecule has 0 saturated heterocycles. The number of aromatic nitrogens is 1. The first-order chi connectivity index (χ1) is 14.5. The fraction of sp³-hybridized carbons (Fsp3) is 0.500. The molecule has 0 spiro atoms. The molecule has 0 aliphatic heterocycles. The van der Waals surface area contributed by atoms with Crippen LogP contribution in [0.2, 0.25) is 0 Å². The first kappa shape index (κ1) is 19.2. The lowest BCUT2D eigenvalue weighted by molar-refractivity contribution is -0.121. The van der Waals surface area contributed by atoms with Gasteiger partial charge in [-0.15, -0.1) is 0 Å². The number of fused-ring (bicyclic) bond motifs is 5. The summed E-state index contributed by atoms with van der Waals surface area (Å²) in [5, 5.41) is 24.6. The lowest BCUT2D eigenvalue weighted by atomic mass is 9.85. The molecule has 3 aliphatic rings. The van der Waals surface area contributed by atoms with E-state index in [4.69, 9.17) is 0 Å². The molecule has 0 radical (unpaired) electrons. The van der Waals surface area contributed by atoms with Crippen molar-refractivity contribution in [1.29, 1.82) is 0 Å². The molecule has 1 aromatic heterocycles. The zero-order valence-electron chi connectivity index (χ0n) is 17.2. The summed E-state index contributed by atoms with van der Waals surface area (Å²) >= 11 is 0. The molecular weight excluding hydrogens is 380 g/mol. The predicted octanol–water partition coefficient (Wildman–Crippen LogP) is 4.84. The number of aromatic hydroxyl groups is 2. The van der Waals surface area contributed by atoms with E-state index in [0.717, 1.165) is 43.2 Å². The predicted molar refractivity (Wildman–Crippen MR) is 113 cm³/mol. The summed E-state index contributed by atoms with van der Waals surface area (Å²) < 4.78 is 1.73. The molecule has 3 aliphatic carbocycles. The van der Waals surface area contributed by atoms with Gasteiger partial charge in [0, 0.05) is 28.7 Å². The molecule has 1 aromatic carbocycles. The molecule has 3 N–H and O–H groups in total. The molecule has 6 nitrogen and oxygen atoms in total. The van der Waals surface area contributed by atoms with Crippen LogP contribution in [0.1, 0.15) is 91.2 Å². The SMILES string of the molecule is CC(=O)c1ccccc1NC(=O)C1CCC(n2c(O)c3c(c2O)[C@H]2CC[C@@H]3C2)CC1. The number of para-hydroxylation sites is 1. The van der Waals surface area contributed by atoms with Gasteiger partial charge in [0.15, 0.2) is 17.5 Å². The molecule has 2 aromatic rings. The molecule has 1 amide bonds. The van der Waals surface area contributed by atoms with Crippen LogP contribution in [0.25, 0.3) is 0 Å². The van der Waals surface area contributed by atoms with Gasteiger partial charge >= 0.3 is 0 Å². The highest BCUT2D eigenvalue weighted by Crippen LogP contribution is 2.61. The minimum atomic E-state index is -0.135. The average Bonchev–Trinajstić information content (AvgIpc) is 3.42. The van der Waals surface area contributed by atoms with Crippen LogP contribution in [-0.2, 0) is 4.79 Å². The standard InChI is InChI=1S/C24H28N2O4/c1-13(27)18-4-2-3-5-19(18)25-22(28)14-8-10-17(11-9-14)26-23(29)20-15-6-7-16(12-15)21(20)24(26)30/h2-5,14-17,29-30H,6-12H2,1H3,(H,25,28)/t14?,15-,16+,17?. The Bertz CT molecular complexity index is 983. The van der Waals surface area contributed by atoms with Crippen molar-refractivity contribution >= 4 is 17.4 Å². The summed E-state index contributed by atoms with van der Waals surface area (Å²) in [6.07, 6.45) is 6.10. The zero-order valence-corrected chi connectivity index (χ0v) is 17.2. The Morgan fingerprint density at radius 3 is 2.13 bits per heavy atom. The van der Waals surface area contributed by atoms with E-state index < -0.39 is 0 Å². The van der Waals surface area contributed by atoms with Gasteiger partial charge in [-0.2, -0.15) is 0 Å². The minimum Gasteiger partial charge on any atom is -0.494 e. The molecule has 2 saturated carbocycles. The van der Waals surface area contributed by atoms with E-state index >= 15 is 0 Å². The maximum atomic E-state index is 12.8. The van der Waals surface area contributed by atoms with Gasteiger partial charge < -0.3 is 15.5 Å². The number of amides is 1. The van der Waals surface area contributed by atoms with Gasteiger partial charge in [0.1, 0.15) is 0 Å². The van der Waals surface area contributed by atoms with Gasteiger partial charge in [-0.3, -0.25) is 14.2 Å². The third-order valence-electron chi connectivity index (χ3n) is 7.47. The second kappa shape index (κ2) is 7.18. The number of benzene rings is 1. The molecule has 158 valence electrons. The average molecular weight is 408 g/mol. The maximum absolute atomic E-state index is 12.8. The second-order valence-corrected chi connectivity index (χ2v) is 9.15. The van der Waals surface area contributed by atoms with E-state index in [-0.39, 0.29) is 35.4 Å². The number of anilines is 1. The Morgan fingerprint density at radius 2 is 1.53 bits per heavy atom. The van der Waals surface area contributed by atoms with E-state index in [1.54, 1.807) is 22.8 Å². The Morgan fingerprint density at radius 1 is 0.933 bits per heavy atom. The summed E-state index contributed by atoms with van der Waals surface area (Å²) in [4.78, 5) is 24.6. The third kappa shape index (κ3) is 2.92. The number of hydrogen-bond donors (Lipinski definition) is 3. The first-order valence-corrected chi connectivity index (χ1v) is 11.0. The van der Waals surface area contributed by atoms with E-state index in [0.29, 0.717) is 35.9 Å². The smallest absolute Gasteiger partial charge is 0.227 e. The largest absolute Gasteiger partial charge is 0.494 e. The summed E-state index contributed by atoms with van der Waals surface area (Å²) in [6, 6.07) is 7.09. The number of rotatable bonds is 4. The Balaban J connectivity index is 1.28. The molecule has 6 heteroatoms. The van der Waals surface area contributed by atoms with Crippen LogP contribution in [-0.4, -0.2) is 26.5 Å². The topological polar surface area (TPSA) is 91.6 Å². The van der Waals surface area contributed by atoms with Crippen LogP contribution >= 0.6 is 0 Å². The molecule has 1 heterocycles. The highest BCUT2D eigenvalue weighted by Gasteiger charge is 2.45. The van der Waals surface area contributed by atoms with Crippen LogP contribution in [0.5, 0.6) is 11.8 Å². The van der Waals surface area contributed by atoms with E-state index in [2.05, 4.69) is 5.32 Å². The van der Waals surface area contributed by atoms with E-state index in [1.807, 2.05) is 6.07 Å². The third-order valence-corrected chi connectivity index (χ3v) is 7.47. The molecule has 0 unspecified atom stereocenters. The van der Waals surface area contributed by atoms with Gasteiger partial charge in [0.2, 0.25) is 5.91 Å². The van der Waals surface area contributed by atoms with Crippen molar-refractivity contribution in [3.63, 3.8) is 0 Å². The molecule has 30 heavy (non-hydrogen) atoms. The number of nitrogens with zero attached hydrogens (tertiary/aromatic N) is 1. The minimum absolute atomic E-state index is 0.0172. The fourth-order valence-corrected chi connectivity index (χ4v) is 5.99. The Labute approximate surface area is 175 Å². The van der Waals surface area contributed by atoms with Crippen LogP contribution in [0, 0.1) is 5.92 Å². The van der Waals surface area contributed by atoms with Gasteiger partial charge in [0.25, 0.3) is 0 Å².